The number of benzene rings is 1. The van der Waals surface area contributed by atoms with Gasteiger partial charge in [-0.05, 0) is 29.8 Å². The van der Waals surface area contributed by atoms with Crippen molar-refractivity contribution in [2.45, 2.75) is 5.03 Å². The van der Waals surface area contributed by atoms with Crippen molar-refractivity contribution in [1.29, 1.82) is 0 Å². The fourth-order valence-electron chi connectivity index (χ4n) is 2.29. The average molecular weight is 325 g/mol. The molecule has 0 aliphatic carbocycles. The van der Waals surface area contributed by atoms with Crippen LogP contribution in [0.2, 0.25) is 0 Å². The molecular formula is C17H15N3O2S. The predicted molar refractivity (Wildman–Crippen MR) is 91.4 cm³/mol. The third-order valence-electron chi connectivity index (χ3n) is 3.33. The van der Waals surface area contributed by atoms with Crippen LogP contribution < -0.4 is 10.5 Å². The number of methoxy groups -OCH3 is 1. The topological polar surface area (TPSA) is 78.1 Å². The second-order valence-electron chi connectivity index (χ2n) is 4.89. The van der Waals surface area contributed by atoms with Gasteiger partial charge in [-0.25, -0.2) is 4.98 Å². The Morgan fingerprint density at radius 3 is 2.87 bits per heavy atom. The van der Waals surface area contributed by atoms with Crippen LogP contribution in [0.1, 0.15) is 0 Å². The van der Waals surface area contributed by atoms with E-state index in [9.17, 15) is 4.79 Å². The number of hydrogen-bond acceptors (Lipinski definition) is 5. The van der Waals surface area contributed by atoms with E-state index < -0.39 is 0 Å². The van der Waals surface area contributed by atoms with E-state index in [0.29, 0.717) is 0 Å². The molecule has 1 aromatic carbocycles. The number of primary amides is 1. The Morgan fingerprint density at radius 1 is 1.30 bits per heavy atom. The molecule has 5 nitrogen and oxygen atoms in total. The molecule has 2 N–H and O–H groups in total. The standard InChI is InChI=1S/C17H15N3O2S/c1-22-12-4-5-13-14(11-3-2-6-19-9-11)8-17(20-15(13)7-12)23-10-16(18)21/h2-9H,10H2,1H3,(H2,18,21). The maximum absolute atomic E-state index is 11.0. The second-order valence-corrected chi connectivity index (χ2v) is 5.88. The highest BCUT2D eigenvalue weighted by Crippen LogP contribution is 2.32. The molecule has 6 heteroatoms. The highest BCUT2D eigenvalue weighted by molar-refractivity contribution is 7.99. The summed E-state index contributed by atoms with van der Waals surface area (Å²) in [6.45, 7) is 0. The summed E-state index contributed by atoms with van der Waals surface area (Å²) in [6, 6.07) is 11.6. The molecule has 0 spiro atoms. The largest absolute Gasteiger partial charge is 0.497 e. The van der Waals surface area contributed by atoms with Crippen LogP contribution in [0, 0.1) is 0 Å². The van der Waals surface area contributed by atoms with Gasteiger partial charge in [-0.1, -0.05) is 17.8 Å². The molecule has 0 aliphatic rings. The molecule has 0 saturated carbocycles. The van der Waals surface area contributed by atoms with E-state index in [1.54, 1.807) is 13.3 Å². The van der Waals surface area contributed by atoms with Crippen molar-refractivity contribution in [3.8, 4) is 16.9 Å². The number of pyridine rings is 2. The Balaban J connectivity index is 2.17. The van der Waals surface area contributed by atoms with E-state index in [0.717, 1.165) is 32.8 Å². The molecule has 3 aromatic rings. The summed E-state index contributed by atoms with van der Waals surface area (Å²) in [5.74, 6) is 0.555. The lowest BCUT2D eigenvalue weighted by Gasteiger charge is -2.10. The van der Waals surface area contributed by atoms with Crippen LogP contribution in [-0.2, 0) is 4.79 Å². The zero-order chi connectivity index (χ0) is 16.2. The molecule has 116 valence electrons. The van der Waals surface area contributed by atoms with Gasteiger partial charge >= 0.3 is 0 Å². The average Bonchev–Trinajstić information content (AvgIpc) is 2.59. The van der Waals surface area contributed by atoms with Gasteiger partial charge < -0.3 is 10.5 Å². The summed E-state index contributed by atoms with van der Waals surface area (Å²) < 4.78 is 5.27. The molecule has 0 saturated heterocycles. The van der Waals surface area contributed by atoms with Gasteiger partial charge in [0.1, 0.15) is 5.75 Å². The molecule has 0 fully saturated rings. The number of nitrogens with two attached hydrogens (primary N) is 1. The number of fused-ring (bicyclic) bond motifs is 1. The number of nitrogens with zero attached hydrogens (tertiary/aromatic N) is 2. The Kier molecular flexibility index (Phi) is 4.43. The number of amides is 1. The minimum atomic E-state index is -0.370. The minimum Gasteiger partial charge on any atom is -0.497 e. The number of carbonyl (C=O) groups is 1. The molecule has 3 rings (SSSR count). The van der Waals surface area contributed by atoms with Crippen molar-refractivity contribution in [2.75, 3.05) is 12.9 Å². The SMILES string of the molecule is COc1ccc2c(-c3cccnc3)cc(SCC(N)=O)nc2c1. The lowest BCUT2D eigenvalue weighted by molar-refractivity contribution is -0.115. The first-order valence-corrected chi connectivity index (χ1v) is 7.96. The summed E-state index contributed by atoms with van der Waals surface area (Å²) >= 11 is 1.32. The highest BCUT2D eigenvalue weighted by Gasteiger charge is 2.10. The predicted octanol–water partition coefficient (Wildman–Crippen LogP) is 2.88. The molecule has 0 atom stereocenters. The zero-order valence-electron chi connectivity index (χ0n) is 12.5. The first-order chi connectivity index (χ1) is 11.2. The van der Waals surface area contributed by atoms with Crippen molar-refractivity contribution in [1.82, 2.24) is 9.97 Å². The number of thioether (sulfide) groups is 1. The van der Waals surface area contributed by atoms with Crippen molar-refractivity contribution < 1.29 is 9.53 Å². The first kappa shape index (κ1) is 15.3. The molecule has 0 bridgehead atoms. The normalized spacial score (nSPS) is 10.7. The number of aromatic nitrogens is 2. The van der Waals surface area contributed by atoms with Gasteiger partial charge in [0.2, 0.25) is 5.91 Å². The fraction of sp³-hybridized carbons (Fsp3) is 0.118. The number of ether oxygens (including phenoxy) is 1. The molecule has 23 heavy (non-hydrogen) atoms. The van der Waals surface area contributed by atoms with Crippen LogP contribution in [-0.4, -0.2) is 28.7 Å². The Morgan fingerprint density at radius 2 is 2.17 bits per heavy atom. The quantitative estimate of drug-likeness (QED) is 0.730. The Bertz CT molecular complexity index is 853. The molecule has 2 aromatic heterocycles. The maximum atomic E-state index is 11.0. The number of rotatable bonds is 5. The van der Waals surface area contributed by atoms with Gasteiger partial charge in [0.05, 0.1) is 23.4 Å². The van der Waals surface area contributed by atoms with E-state index in [1.165, 1.54) is 11.8 Å². The van der Waals surface area contributed by atoms with Gasteiger partial charge in [0.25, 0.3) is 0 Å². The lowest BCUT2D eigenvalue weighted by Crippen LogP contribution is -2.13. The van der Waals surface area contributed by atoms with Crippen molar-refractivity contribution in [3.05, 3.63) is 48.8 Å². The summed E-state index contributed by atoms with van der Waals surface area (Å²) in [4.78, 5) is 19.8. The summed E-state index contributed by atoms with van der Waals surface area (Å²) in [6.07, 6.45) is 3.54. The van der Waals surface area contributed by atoms with Crippen LogP contribution in [0.15, 0.2) is 53.8 Å². The molecule has 0 radical (unpaired) electrons. The summed E-state index contributed by atoms with van der Waals surface area (Å²) in [7, 11) is 1.62. The minimum absolute atomic E-state index is 0.189. The second kappa shape index (κ2) is 6.66. The van der Waals surface area contributed by atoms with E-state index in [1.807, 2.05) is 42.6 Å². The van der Waals surface area contributed by atoms with E-state index in [4.69, 9.17) is 10.5 Å². The van der Waals surface area contributed by atoms with Crippen LogP contribution in [0.3, 0.4) is 0 Å². The smallest absolute Gasteiger partial charge is 0.227 e. The van der Waals surface area contributed by atoms with E-state index in [2.05, 4.69) is 9.97 Å². The zero-order valence-corrected chi connectivity index (χ0v) is 13.3. The Labute approximate surface area is 137 Å². The third kappa shape index (κ3) is 3.43. The van der Waals surface area contributed by atoms with Gasteiger partial charge in [-0.3, -0.25) is 9.78 Å². The monoisotopic (exact) mass is 325 g/mol. The molecule has 2 heterocycles. The van der Waals surface area contributed by atoms with Crippen molar-refractivity contribution in [3.63, 3.8) is 0 Å². The number of hydrogen-bond donors (Lipinski definition) is 1. The van der Waals surface area contributed by atoms with Gasteiger partial charge in [-0.15, -0.1) is 0 Å². The fourth-order valence-corrected chi connectivity index (χ4v) is 2.95. The van der Waals surface area contributed by atoms with Gasteiger partial charge in [-0.2, -0.15) is 0 Å². The van der Waals surface area contributed by atoms with E-state index in [-0.39, 0.29) is 11.7 Å². The van der Waals surface area contributed by atoms with E-state index >= 15 is 0 Å². The van der Waals surface area contributed by atoms with Crippen molar-refractivity contribution >= 4 is 28.6 Å². The summed E-state index contributed by atoms with van der Waals surface area (Å²) in [5.41, 5.74) is 8.04. The Hall–Kier alpha value is -2.60. The number of carbonyl (C=O) groups excluding carboxylic acids is 1. The van der Waals surface area contributed by atoms with Crippen LogP contribution in [0.4, 0.5) is 0 Å². The summed E-state index contributed by atoms with van der Waals surface area (Å²) in [5, 5.41) is 1.74. The molecule has 1 amide bonds. The van der Waals surface area contributed by atoms with Gasteiger partial charge in [0, 0.05) is 29.4 Å². The van der Waals surface area contributed by atoms with Crippen LogP contribution in [0.25, 0.3) is 22.0 Å². The van der Waals surface area contributed by atoms with Gasteiger partial charge in [0.15, 0.2) is 0 Å². The van der Waals surface area contributed by atoms with Crippen molar-refractivity contribution in [2.24, 2.45) is 5.73 Å². The first-order valence-electron chi connectivity index (χ1n) is 6.97. The highest BCUT2D eigenvalue weighted by atomic mass is 32.2. The molecule has 0 unspecified atom stereocenters. The molecule has 0 aliphatic heterocycles. The lowest BCUT2D eigenvalue weighted by atomic mass is 10.0. The third-order valence-corrected chi connectivity index (χ3v) is 4.26. The van der Waals surface area contributed by atoms with Crippen LogP contribution in [0.5, 0.6) is 5.75 Å². The molecular weight excluding hydrogens is 310 g/mol. The van der Waals surface area contributed by atoms with Crippen LogP contribution >= 0.6 is 11.8 Å². The maximum Gasteiger partial charge on any atom is 0.227 e.